The van der Waals surface area contributed by atoms with Crippen LogP contribution in [0.3, 0.4) is 0 Å². The van der Waals surface area contributed by atoms with E-state index in [0.717, 1.165) is 17.6 Å². The van der Waals surface area contributed by atoms with Crippen LogP contribution in [0.5, 0.6) is 0 Å². The summed E-state index contributed by atoms with van der Waals surface area (Å²) in [6.45, 7) is 0.191. The number of aliphatic hydroxyl groups is 1. The van der Waals surface area contributed by atoms with E-state index in [4.69, 9.17) is 11.6 Å². The number of halogens is 2. The van der Waals surface area contributed by atoms with Gasteiger partial charge in [-0.2, -0.15) is 11.8 Å². The molecule has 2 rings (SSSR count). The molecule has 2 N–H and O–H groups in total. The SMILES string of the molecule is O=C(NCC1(O)CCSCC1)c1ccc(Cl)c(F)c1. The zero-order valence-electron chi connectivity index (χ0n) is 10.3. The van der Waals surface area contributed by atoms with E-state index in [1.165, 1.54) is 12.1 Å². The molecule has 1 amide bonds. The molecule has 1 aromatic carbocycles. The summed E-state index contributed by atoms with van der Waals surface area (Å²) in [4.78, 5) is 11.9. The molecule has 0 radical (unpaired) electrons. The van der Waals surface area contributed by atoms with Crippen molar-refractivity contribution in [1.29, 1.82) is 0 Å². The molecule has 1 aliphatic rings. The highest BCUT2D eigenvalue weighted by Gasteiger charge is 2.29. The third-order valence-electron chi connectivity index (χ3n) is 3.18. The molecule has 6 heteroatoms. The maximum atomic E-state index is 13.2. The minimum Gasteiger partial charge on any atom is -0.388 e. The second kappa shape index (κ2) is 6.11. The van der Waals surface area contributed by atoms with Crippen LogP contribution in [0.4, 0.5) is 4.39 Å². The smallest absolute Gasteiger partial charge is 0.251 e. The average molecular weight is 304 g/mol. The van der Waals surface area contributed by atoms with Crippen LogP contribution >= 0.6 is 23.4 Å². The van der Waals surface area contributed by atoms with E-state index in [0.29, 0.717) is 12.8 Å². The number of benzene rings is 1. The summed E-state index contributed by atoms with van der Waals surface area (Å²) in [6, 6.07) is 3.90. The third kappa shape index (κ3) is 3.84. The van der Waals surface area contributed by atoms with Crippen LogP contribution in [0.1, 0.15) is 23.2 Å². The van der Waals surface area contributed by atoms with Crippen molar-refractivity contribution in [3.63, 3.8) is 0 Å². The van der Waals surface area contributed by atoms with Gasteiger partial charge in [-0.05, 0) is 42.5 Å². The molecule has 3 nitrogen and oxygen atoms in total. The van der Waals surface area contributed by atoms with Crippen LogP contribution < -0.4 is 5.32 Å². The Kier molecular flexibility index (Phi) is 4.71. The number of carbonyl (C=O) groups is 1. The molecule has 0 spiro atoms. The van der Waals surface area contributed by atoms with Gasteiger partial charge in [-0.15, -0.1) is 0 Å². The molecule has 1 saturated heterocycles. The Balaban J connectivity index is 1.95. The van der Waals surface area contributed by atoms with Crippen molar-refractivity contribution in [2.75, 3.05) is 18.1 Å². The summed E-state index contributed by atoms with van der Waals surface area (Å²) in [5.41, 5.74) is -0.637. The second-order valence-electron chi connectivity index (χ2n) is 4.65. The minimum absolute atomic E-state index is 0.0144. The minimum atomic E-state index is -0.841. The lowest BCUT2D eigenvalue weighted by atomic mass is 9.97. The van der Waals surface area contributed by atoms with Gasteiger partial charge >= 0.3 is 0 Å². The van der Waals surface area contributed by atoms with Crippen LogP contribution in [-0.2, 0) is 0 Å². The van der Waals surface area contributed by atoms with E-state index in [-0.39, 0.29) is 17.1 Å². The van der Waals surface area contributed by atoms with Crippen LogP contribution in [0.25, 0.3) is 0 Å². The van der Waals surface area contributed by atoms with Gasteiger partial charge in [-0.1, -0.05) is 11.6 Å². The Bertz CT molecular complexity index is 478. The molecule has 0 unspecified atom stereocenters. The first kappa shape index (κ1) is 14.6. The lowest BCUT2D eigenvalue weighted by molar-refractivity contribution is 0.0311. The molecule has 0 atom stereocenters. The van der Waals surface area contributed by atoms with Crippen molar-refractivity contribution < 1.29 is 14.3 Å². The number of hydrogen-bond acceptors (Lipinski definition) is 3. The Morgan fingerprint density at radius 1 is 1.47 bits per heavy atom. The number of thioether (sulfide) groups is 1. The van der Waals surface area contributed by atoms with Crippen molar-refractivity contribution in [2.24, 2.45) is 0 Å². The van der Waals surface area contributed by atoms with E-state index >= 15 is 0 Å². The molecule has 1 heterocycles. The number of rotatable bonds is 3. The monoisotopic (exact) mass is 303 g/mol. The van der Waals surface area contributed by atoms with Crippen LogP contribution in [0.15, 0.2) is 18.2 Å². The standard InChI is InChI=1S/C13H15ClFNO2S/c14-10-2-1-9(7-11(10)15)12(17)16-8-13(18)3-5-19-6-4-13/h1-2,7,18H,3-6,8H2,(H,16,17). The van der Waals surface area contributed by atoms with Gasteiger partial charge in [0, 0.05) is 12.1 Å². The molecule has 104 valence electrons. The number of carbonyl (C=O) groups excluding carboxylic acids is 1. The molecule has 1 aliphatic heterocycles. The van der Waals surface area contributed by atoms with E-state index in [1.807, 2.05) is 0 Å². The Morgan fingerprint density at radius 3 is 2.79 bits per heavy atom. The molecule has 0 bridgehead atoms. The topological polar surface area (TPSA) is 49.3 Å². The van der Waals surface area contributed by atoms with Crippen molar-refractivity contribution in [3.05, 3.63) is 34.6 Å². The zero-order valence-corrected chi connectivity index (χ0v) is 11.9. The molecular weight excluding hydrogens is 289 g/mol. The maximum absolute atomic E-state index is 13.2. The molecule has 0 saturated carbocycles. The summed E-state index contributed by atoms with van der Waals surface area (Å²) in [6.07, 6.45) is 1.32. The van der Waals surface area contributed by atoms with E-state index < -0.39 is 17.3 Å². The molecule has 0 aromatic heterocycles. The summed E-state index contributed by atoms with van der Waals surface area (Å²) >= 11 is 7.35. The van der Waals surface area contributed by atoms with Gasteiger partial charge in [0.25, 0.3) is 5.91 Å². The van der Waals surface area contributed by atoms with E-state index in [2.05, 4.69) is 5.32 Å². The summed E-state index contributed by atoms with van der Waals surface area (Å²) < 4.78 is 13.2. The molecular formula is C13H15ClFNO2S. The Hall–Kier alpha value is -0.780. The highest BCUT2D eigenvalue weighted by molar-refractivity contribution is 7.99. The lowest BCUT2D eigenvalue weighted by Crippen LogP contribution is -2.45. The van der Waals surface area contributed by atoms with E-state index in [9.17, 15) is 14.3 Å². The quantitative estimate of drug-likeness (QED) is 0.902. The van der Waals surface area contributed by atoms with Crippen molar-refractivity contribution >= 4 is 29.3 Å². The zero-order chi connectivity index (χ0) is 13.9. The highest BCUT2D eigenvalue weighted by atomic mass is 35.5. The van der Waals surface area contributed by atoms with E-state index in [1.54, 1.807) is 11.8 Å². The fraction of sp³-hybridized carbons (Fsp3) is 0.462. The third-order valence-corrected chi connectivity index (χ3v) is 4.48. The van der Waals surface area contributed by atoms with Crippen molar-refractivity contribution in [2.45, 2.75) is 18.4 Å². The van der Waals surface area contributed by atoms with Crippen molar-refractivity contribution in [1.82, 2.24) is 5.32 Å². The first-order valence-corrected chi connectivity index (χ1v) is 7.57. The largest absolute Gasteiger partial charge is 0.388 e. The summed E-state index contributed by atoms with van der Waals surface area (Å²) in [5, 5.41) is 12.9. The number of nitrogens with one attached hydrogen (secondary N) is 1. The molecule has 1 aromatic rings. The Labute approximate surface area is 120 Å². The maximum Gasteiger partial charge on any atom is 0.251 e. The fourth-order valence-electron chi connectivity index (χ4n) is 1.91. The molecule has 19 heavy (non-hydrogen) atoms. The summed E-state index contributed by atoms with van der Waals surface area (Å²) in [7, 11) is 0. The Morgan fingerprint density at radius 2 is 2.16 bits per heavy atom. The van der Waals surface area contributed by atoms with Gasteiger partial charge in [0.1, 0.15) is 5.82 Å². The highest BCUT2D eigenvalue weighted by Crippen LogP contribution is 2.26. The second-order valence-corrected chi connectivity index (χ2v) is 6.28. The van der Waals surface area contributed by atoms with Crippen molar-refractivity contribution in [3.8, 4) is 0 Å². The predicted octanol–water partition coefficient (Wildman–Crippen LogP) is 2.47. The van der Waals surface area contributed by atoms with Crippen LogP contribution in [0.2, 0.25) is 5.02 Å². The molecule has 0 aliphatic carbocycles. The van der Waals surface area contributed by atoms with Crippen LogP contribution in [0, 0.1) is 5.82 Å². The average Bonchev–Trinajstić information content (AvgIpc) is 2.40. The van der Waals surface area contributed by atoms with Gasteiger partial charge in [0.05, 0.1) is 10.6 Å². The first-order valence-electron chi connectivity index (χ1n) is 6.04. The fourth-order valence-corrected chi connectivity index (χ4v) is 3.28. The summed E-state index contributed by atoms with van der Waals surface area (Å²) in [5.74, 6) is 0.758. The number of amides is 1. The van der Waals surface area contributed by atoms with Gasteiger partial charge in [0.15, 0.2) is 0 Å². The van der Waals surface area contributed by atoms with Crippen LogP contribution in [-0.4, -0.2) is 34.7 Å². The van der Waals surface area contributed by atoms with Gasteiger partial charge in [0.2, 0.25) is 0 Å². The normalized spacial score (nSPS) is 18.1. The molecule has 1 fully saturated rings. The van der Waals surface area contributed by atoms with Gasteiger partial charge in [-0.3, -0.25) is 4.79 Å². The first-order chi connectivity index (χ1) is 9.00. The predicted molar refractivity (Wildman–Crippen MR) is 75.3 cm³/mol. The lowest BCUT2D eigenvalue weighted by Gasteiger charge is -2.31. The number of hydrogen-bond donors (Lipinski definition) is 2. The van der Waals surface area contributed by atoms with Gasteiger partial charge < -0.3 is 10.4 Å². The van der Waals surface area contributed by atoms with Gasteiger partial charge in [-0.25, -0.2) is 4.39 Å².